The van der Waals surface area contributed by atoms with Crippen molar-refractivity contribution in [3.63, 3.8) is 0 Å². The maximum absolute atomic E-state index is 9.43. The molecule has 1 heterocycles. The van der Waals surface area contributed by atoms with E-state index in [-0.39, 0.29) is 5.75 Å². The molecule has 80 valence electrons. The van der Waals surface area contributed by atoms with E-state index in [1.807, 2.05) is 13.1 Å². The standard InChI is InChI=1S/C11H13BrN2O/c1-14-9(4-5-13)11(12)8-3-2-7(15)6-10(8)14/h2-3,6,15H,4-5,13H2,1H3. The maximum Gasteiger partial charge on any atom is 0.117 e. The Balaban J connectivity index is 2.73. The van der Waals surface area contributed by atoms with Crippen LogP contribution in [0.4, 0.5) is 0 Å². The first kappa shape index (κ1) is 10.5. The number of halogens is 1. The Morgan fingerprint density at radius 3 is 2.87 bits per heavy atom. The minimum atomic E-state index is 0.287. The van der Waals surface area contributed by atoms with E-state index in [2.05, 4.69) is 20.5 Å². The minimum absolute atomic E-state index is 0.287. The van der Waals surface area contributed by atoms with Crippen molar-refractivity contribution in [2.45, 2.75) is 6.42 Å². The van der Waals surface area contributed by atoms with Crippen LogP contribution in [0.2, 0.25) is 0 Å². The average molecular weight is 269 g/mol. The van der Waals surface area contributed by atoms with Crippen molar-refractivity contribution in [3.8, 4) is 5.75 Å². The Morgan fingerprint density at radius 2 is 2.20 bits per heavy atom. The highest BCUT2D eigenvalue weighted by molar-refractivity contribution is 9.10. The monoisotopic (exact) mass is 268 g/mol. The largest absolute Gasteiger partial charge is 0.508 e. The number of phenolic OH excluding ortho intramolecular Hbond substituents is 1. The number of benzene rings is 1. The van der Waals surface area contributed by atoms with Crippen molar-refractivity contribution >= 4 is 26.8 Å². The first-order chi connectivity index (χ1) is 7.15. The Bertz CT molecular complexity index is 505. The summed E-state index contributed by atoms with van der Waals surface area (Å²) in [5.41, 5.74) is 7.75. The van der Waals surface area contributed by atoms with Gasteiger partial charge in [0.15, 0.2) is 0 Å². The molecule has 0 radical (unpaired) electrons. The van der Waals surface area contributed by atoms with Crippen LogP contribution >= 0.6 is 15.9 Å². The van der Waals surface area contributed by atoms with Gasteiger partial charge in [-0.2, -0.15) is 0 Å². The summed E-state index contributed by atoms with van der Waals surface area (Å²) in [5, 5.41) is 10.5. The molecule has 3 N–H and O–H groups in total. The molecule has 1 aromatic carbocycles. The molecule has 2 aromatic rings. The van der Waals surface area contributed by atoms with Gasteiger partial charge in [-0.05, 0) is 34.6 Å². The van der Waals surface area contributed by atoms with Crippen LogP contribution in [0.25, 0.3) is 10.9 Å². The van der Waals surface area contributed by atoms with Gasteiger partial charge in [0, 0.05) is 35.1 Å². The van der Waals surface area contributed by atoms with Crippen molar-refractivity contribution in [2.24, 2.45) is 12.8 Å². The summed E-state index contributed by atoms with van der Waals surface area (Å²) in [6.45, 7) is 0.620. The second-order valence-corrected chi connectivity index (χ2v) is 4.35. The highest BCUT2D eigenvalue weighted by Gasteiger charge is 2.12. The number of aromatic hydroxyl groups is 1. The molecule has 3 nitrogen and oxygen atoms in total. The first-order valence-electron chi connectivity index (χ1n) is 4.81. The van der Waals surface area contributed by atoms with Crippen molar-refractivity contribution in [1.29, 1.82) is 0 Å². The van der Waals surface area contributed by atoms with Gasteiger partial charge < -0.3 is 15.4 Å². The summed E-state index contributed by atoms with van der Waals surface area (Å²) in [6.07, 6.45) is 0.826. The molecular weight excluding hydrogens is 256 g/mol. The van der Waals surface area contributed by atoms with Crippen LogP contribution in [0, 0.1) is 0 Å². The summed E-state index contributed by atoms with van der Waals surface area (Å²) in [7, 11) is 1.98. The van der Waals surface area contributed by atoms with E-state index in [4.69, 9.17) is 5.73 Å². The highest BCUT2D eigenvalue weighted by Crippen LogP contribution is 2.32. The lowest BCUT2D eigenvalue weighted by atomic mass is 10.2. The van der Waals surface area contributed by atoms with E-state index in [1.54, 1.807) is 12.1 Å². The van der Waals surface area contributed by atoms with Crippen molar-refractivity contribution in [1.82, 2.24) is 4.57 Å². The summed E-state index contributed by atoms with van der Waals surface area (Å²) in [6, 6.07) is 5.37. The zero-order chi connectivity index (χ0) is 11.0. The number of phenols is 1. The molecule has 15 heavy (non-hydrogen) atoms. The number of rotatable bonds is 2. The Kier molecular flexibility index (Phi) is 2.71. The number of hydrogen-bond donors (Lipinski definition) is 2. The van der Waals surface area contributed by atoms with Crippen molar-refractivity contribution < 1.29 is 5.11 Å². The SMILES string of the molecule is Cn1c(CCN)c(Br)c2ccc(O)cc21. The minimum Gasteiger partial charge on any atom is -0.508 e. The van der Waals surface area contributed by atoms with Crippen LogP contribution < -0.4 is 5.73 Å². The first-order valence-corrected chi connectivity index (χ1v) is 5.60. The predicted octanol–water partition coefficient (Wildman–Crippen LogP) is 2.15. The fourth-order valence-electron chi connectivity index (χ4n) is 1.85. The molecule has 0 aliphatic carbocycles. The van der Waals surface area contributed by atoms with E-state index in [1.165, 1.54) is 0 Å². The highest BCUT2D eigenvalue weighted by atomic mass is 79.9. The van der Waals surface area contributed by atoms with Gasteiger partial charge in [0.2, 0.25) is 0 Å². The molecule has 0 aliphatic heterocycles. The van der Waals surface area contributed by atoms with E-state index >= 15 is 0 Å². The van der Waals surface area contributed by atoms with Crippen molar-refractivity contribution in [3.05, 3.63) is 28.4 Å². The topological polar surface area (TPSA) is 51.2 Å². The molecule has 1 aromatic heterocycles. The third kappa shape index (κ3) is 1.64. The van der Waals surface area contributed by atoms with Gasteiger partial charge in [-0.1, -0.05) is 0 Å². The molecule has 0 spiro atoms. The lowest BCUT2D eigenvalue weighted by molar-refractivity contribution is 0.476. The summed E-state index contributed by atoms with van der Waals surface area (Å²) in [4.78, 5) is 0. The van der Waals surface area contributed by atoms with Gasteiger partial charge in [-0.25, -0.2) is 0 Å². The number of nitrogens with two attached hydrogens (primary N) is 1. The van der Waals surface area contributed by atoms with Crippen LogP contribution in [0.3, 0.4) is 0 Å². The third-order valence-electron chi connectivity index (χ3n) is 2.62. The van der Waals surface area contributed by atoms with E-state index in [9.17, 15) is 5.11 Å². The number of fused-ring (bicyclic) bond motifs is 1. The molecule has 0 aliphatic rings. The van der Waals surface area contributed by atoms with Crippen LogP contribution in [-0.4, -0.2) is 16.2 Å². The molecule has 4 heteroatoms. The molecular formula is C11H13BrN2O. The molecule has 0 atom stereocenters. The average Bonchev–Trinajstić information content (AvgIpc) is 2.44. The van der Waals surface area contributed by atoms with Crippen molar-refractivity contribution in [2.75, 3.05) is 6.54 Å². The third-order valence-corrected chi connectivity index (χ3v) is 3.50. The summed E-state index contributed by atoms with van der Waals surface area (Å²) in [5.74, 6) is 0.287. The molecule has 0 amide bonds. The van der Waals surface area contributed by atoms with Crippen LogP contribution in [-0.2, 0) is 13.5 Å². The second kappa shape index (κ2) is 3.87. The Morgan fingerprint density at radius 1 is 1.47 bits per heavy atom. The molecule has 0 bridgehead atoms. The van der Waals surface area contributed by atoms with Crippen LogP contribution in [0.15, 0.2) is 22.7 Å². The zero-order valence-electron chi connectivity index (χ0n) is 8.50. The van der Waals surface area contributed by atoms with Gasteiger partial charge >= 0.3 is 0 Å². The normalized spacial score (nSPS) is 11.1. The summed E-state index contributed by atoms with van der Waals surface area (Å²) < 4.78 is 3.14. The number of hydrogen-bond acceptors (Lipinski definition) is 2. The predicted molar refractivity (Wildman–Crippen MR) is 65.0 cm³/mol. The molecule has 0 fully saturated rings. The van der Waals surface area contributed by atoms with E-state index in [0.717, 1.165) is 27.5 Å². The lowest BCUT2D eigenvalue weighted by Crippen LogP contribution is -2.06. The lowest BCUT2D eigenvalue weighted by Gasteiger charge is -2.02. The van der Waals surface area contributed by atoms with Gasteiger partial charge in [-0.3, -0.25) is 0 Å². The number of aromatic nitrogens is 1. The van der Waals surface area contributed by atoms with Crippen LogP contribution in [0.1, 0.15) is 5.69 Å². The van der Waals surface area contributed by atoms with Crippen LogP contribution in [0.5, 0.6) is 5.75 Å². The molecule has 0 unspecified atom stereocenters. The second-order valence-electron chi connectivity index (χ2n) is 3.56. The van der Waals surface area contributed by atoms with E-state index < -0.39 is 0 Å². The number of aryl methyl sites for hydroxylation is 1. The van der Waals surface area contributed by atoms with E-state index in [0.29, 0.717) is 6.54 Å². The Labute approximate surface area is 96.6 Å². The smallest absolute Gasteiger partial charge is 0.117 e. The summed E-state index contributed by atoms with van der Waals surface area (Å²) >= 11 is 3.57. The zero-order valence-corrected chi connectivity index (χ0v) is 10.1. The number of nitrogens with zero attached hydrogens (tertiary/aromatic N) is 1. The molecule has 0 saturated carbocycles. The van der Waals surface area contributed by atoms with Gasteiger partial charge in [-0.15, -0.1) is 0 Å². The van der Waals surface area contributed by atoms with Gasteiger partial charge in [0.05, 0.1) is 5.52 Å². The van der Waals surface area contributed by atoms with Gasteiger partial charge in [0.25, 0.3) is 0 Å². The molecule has 0 saturated heterocycles. The fraction of sp³-hybridized carbons (Fsp3) is 0.273. The fourth-order valence-corrected chi connectivity index (χ4v) is 2.64. The molecule has 2 rings (SSSR count). The quantitative estimate of drug-likeness (QED) is 0.877. The maximum atomic E-state index is 9.43. The Hall–Kier alpha value is -1.00. The van der Waals surface area contributed by atoms with Gasteiger partial charge in [0.1, 0.15) is 5.75 Å².